The van der Waals surface area contributed by atoms with E-state index >= 15 is 0 Å². The summed E-state index contributed by atoms with van der Waals surface area (Å²) in [7, 11) is 0. The number of urea groups is 1. The minimum Gasteiger partial charge on any atom is -0.389 e. The number of unbranched alkanes of at least 4 members (excludes halogenated alkanes) is 2. The van der Waals surface area contributed by atoms with Crippen LogP contribution in [-0.2, 0) is 0 Å². The molecule has 0 radical (unpaired) electrons. The van der Waals surface area contributed by atoms with Crippen molar-refractivity contribution in [3.05, 3.63) is 29.8 Å². The molecule has 1 aromatic rings. The molecule has 4 nitrogen and oxygen atoms in total. The van der Waals surface area contributed by atoms with E-state index in [2.05, 4.69) is 19.2 Å². The molecule has 0 aliphatic carbocycles. The second kappa shape index (κ2) is 9.40. The number of nitrogens with one attached hydrogen (secondary N) is 1. The van der Waals surface area contributed by atoms with Crippen molar-refractivity contribution in [1.82, 2.24) is 4.90 Å². The third-order valence-corrected chi connectivity index (χ3v) is 3.47. The van der Waals surface area contributed by atoms with Crippen LogP contribution >= 0.6 is 0 Å². The lowest BCUT2D eigenvalue weighted by molar-refractivity contribution is 0.199. The first-order valence-corrected chi connectivity index (χ1v) is 7.92. The van der Waals surface area contributed by atoms with Crippen molar-refractivity contribution < 1.29 is 9.90 Å². The number of carbonyl (C=O) groups excluding carboxylic acids is 1. The molecule has 0 heterocycles. The smallest absolute Gasteiger partial charge is 0.321 e. The Bertz CT molecular complexity index is 425. The van der Waals surface area contributed by atoms with Crippen molar-refractivity contribution in [2.45, 2.75) is 52.6 Å². The zero-order valence-electron chi connectivity index (χ0n) is 13.4. The normalized spacial score (nSPS) is 12.0. The lowest BCUT2D eigenvalue weighted by Crippen LogP contribution is -2.36. The third kappa shape index (κ3) is 6.17. The van der Waals surface area contributed by atoms with Gasteiger partial charge in [0, 0.05) is 18.8 Å². The highest BCUT2D eigenvalue weighted by Crippen LogP contribution is 2.17. The fourth-order valence-corrected chi connectivity index (χ4v) is 2.09. The largest absolute Gasteiger partial charge is 0.389 e. The maximum absolute atomic E-state index is 12.4. The van der Waals surface area contributed by atoms with Crippen LogP contribution in [0.2, 0.25) is 0 Å². The molecule has 2 amide bonds. The Morgan fingerprint density at radius 2 is 1.86 bits per heavy atom. The molecule has 4 heteroatoms. The van der Waals surface area contributed by atoms with Gasteiger partial charge in [0.05, 0.1) is 6.10 Å². The molecular weight excluding hydrogens is 264 g/mol. The van der Waals surface area contributed by atoms with Gasteiger partial charge >= 0.3 is 6.03 Å². The van der Waals surface area contributed by atoms with Gasteiger partial charge in [0.25, 0.3) is 0 Å². The van der Waals surface area contributed by atoms with Crippen molar-refractivity contribution in [3.8, 4) is 0 Å². The van der Waals surface area contributed by atoms with Crippen LogP contribution < -0.4 is 5.32 Å². The molecule has 1 unspecified atom stereocenters. The second-order valence-electron chi connectivity index (χ2n) is 5.43. The number of aliphatic hydroxyl groups is 1. The topological polar surface area (TPSA) is 52.6 Å². The number of aliphatic hydroxyl groups excluding tert-OH is 1. The molecule has 0 aliphatic heterocycles. The molecule has 0 aromatic heterocycles. The van der Waals surface area contributed by atoms with Crippen molar-refractivity contribution in [2.24, 2.45) is 0 Å². The highest BCUT2D eigenvalue weighted by molar-refractivity contribution is 5.89. The zero-order valence-corrected chi connectivity index (χ0v) is 13.4. The number of amides is 2. The molecule has 2 N–H and O–H groups in total. The minimum absolute atomic E-state index is 0.0559. The van der Waals surface area contributed by atoms with Gasteiger partial charge in [-0.1, -0.05) is 38.8 Å². The van der Waals surface area contributed by atoms with Crippen LogP contribution in [0.25, 0.3) is 0 Å². The zero-order chi connectivity index (χ0) is 15.7. The summed E-state index contributed by atoms with van der Waals surface area (Å²) in [4.78, 5) is 14.2. The first kappa shape index (κ1) is 17.5. The van der Waals surface area contributed by atoms with Gasteiger partial charge in [-0.05, 0) is 37.5 Å². The van der Waals surface area contributed by atoms with Gasteiger partial charge in [0.15, 0.2) is 0 Å². The number of hydrogen-bond acceptors (Lipinski definition) is 2. The van der Waals surface area contributed by atoms with Gasteiger partial charge in [-0.3, -0.25) is 0 Å². The molecule has 1 aromatic carbocycles. The third-order valence-electron chi connectivity index (χ3n) is 3.47. The molecule has 1 rings (SSSR count). The first-order chi connectivity index (χ1) is 10.1. The molecule has 21 heavy (non-hydrogen) atoms. The lowest BCUT2D eigenvalue weighted by atomic mass is 10.1. The van der Waals surface area contributed by atoms with Gasteiger partial charge in [0.1, 0.15) is 0 Å². The summed E-state index contributed by atoms with van der Waals surface area (Å²) >= 11 is 0. The number of carbonyl (C=O) groups is 1. The highest BCUT2D eigenvalue weighted by atomic mass is 16.3. The summed E-state index contributed by atoms with van der Waals surface area (Å²) in [6, 6.07) is 7.31. The fourth-order valence-electron chi connectivity index (χ4n) is 2.09. The van der Waals surface area contributed by atoms with E-state index in [0.29, 0.717) is 0 Å². The van der Waals surface area contributed by atoms with Gasteiger partial charge < -0.3 is 15.3 Å². The summed E-state index contributed by atoms with van der Waals surface area (Å²) < 4.78 is 0. The monoisotopic (exact) mass is 292 g/mol. The van der Waals surface area contributed by atoms with E-state index in [9.17, 15) is 9.90 Å². The standard InChI is InChI=1S/C17H28N2O2/c1-4-6-11-19(12-7-5-2)17(21)18-16-10-8-9-15(13-16)14(3)20/h8-10,13-14,20H,4-7,11-12H2,1-3H3,(H,18,21). The predicted octanol–water partition coefficient (Wildman–Crippen LogP) is 4.17. The van der Waals surface area contributed by atoms with E-state index in [0.717, 1.165) is 50.0 Å². The van der Waals surface area contributed by atoms with E-state index in [1.165, 1.54) is 0 Å². The quantitative estimate of drug-likeness (QED) is 0.755. The maximum atomic E-state index is 12.4. The first-order valence-electron chi connectivity index (χ1n) is 7.92. The Labute approximate surface area is 128 Å². The fraction of sp³-hybridized carbons (Fsp3) is 0.588. The van der Waals surface area contributed by atoms with E-state index < -0.39 is 6.10 Å². The van der Waals surface area contributed by atoms with E-state index in [1.807, 2.05) is 29.2 Å². The van der Waals surface area contributed by atoms with Gasteiger partial charge in [-0.2, -0.15) is 0 Å². The molecule has 0 aliphatic rings. The minimum atomic E-state index is -0.530. The van der Waals surface area contributed by atoms with Gasteiger partial charge in [0.2, 0.25) is 0 Å². The Kier molecular flexibility index (Phi) is 7.83. The van der Waals surface area contributed by atoms with Crippen molar-refractivity contribution in [2.75, 3.05) is 18.4 Å². The van der Waals surface area contributed by atoms with Crippen LogP contribution in [0.4, 0.5) is 10.5 Å². The molecule has 1 atom stereocenters. The maximum Gasteiger partial charge on any atom is 0.321 e. The van der Waals surface area contributed by atoms with Crippen LogP contribution in [0, 0.1) is 0 Å². The van der Waals surface area contributed by atoms with Crippen LogP contribution in [-0.4, -0.2) is 29.1 Å². The number of anilines is 1. The molecule has 118 valence electrons. The summed E-state index contributed by atoms with van der Waals surface area (Å²) in [6.07, 6.45) is 3.66. The second-order valence-corrected chi connectivity index (χ2v) is 5.43. The number of nitrogens with zero attached hydrogens (tertiary/aromatic N) is 1. The van der Waals surface area contributed by atoms with Crippen molar-refractivity contribution in [3.63, 3.8) is 0 Å². The van der Waals surface area contributed by atoms with Gasteiger partial charge in [-0.25, -0.2) is 4.79 Å². The molecule has 0 saturated heterocycles. The summed E-state index contributed by atoms with van der Waals surface area (Å²) in [5.74, 6) is 0. The Morgan fingerprint density at radius 1 is 1.24 bits per heavy atom. The lowest BCUT2D eigenvalue weighted by Gasteiger charge is -2.23. The SMILES string of the molecule is CCCCN(CCCC)C(=O)Nc1cccc(C(C)O)c1. The molecule has 0 saturated carbocycles. The van der Waals surface area contributed by atoms with Crippen LogP contribution in [0.1, 0.15) is 58.1 Å². The Balaban J connectivity index is 2.68. The summed E-state index contributed by atoms with van der Waals surface area (Å²) in [5.41, 5.74) is 1.54. The molecule has 0 bridgehead atoms. The molecular formula is C17H28N2O2. The van der Waals surface area contributed by atoms with E-state index in [4.69, 9.17) is 0 Å². The number of rotatable bonds is 8. The van der Waals surface area contributed by atoms with Crippen molar-refractivity contribution >= 4 is 11.7 Å². The highest BCUT2D eigenvalue weighted by Gasteiger charge is 2.13. The van der Waals surface area contributed by atoms with Crippen LogP contribution in [0.3, 0.4) is 0 Å². The predicted molar refractivity (Wildman–Crippen MR) is 87.5 cm³/mol. The van der Waals surface area contributed by atoms with Crippen LogP contribution in [0.5, 0.6) is 0 Å². The van der Waals surface area contributed by atoms with E-state index in [1.54, 1.807) is 6.92 Å². The van der Waals surface area contributed by atoms with E-state index in [-0.39, 0.29) is 6.03 Å². The van der Waals surface area contributed by atoms with Crippen molar-refractivity contribution in [1.29, 1.82) is 0 Å². The average molecular weight is 292 g/mol. The summed E-state index contributed by atoms with van der Waals surface area (Å²) in [5, 5.41) is 12.5. The molecule has 0 spiro atoms. The molecule has 0 fully saturated rings. The Morgan fingerprint density at radius 3 is 2.38 bits per heavy atom. The van der Waals surface area contributed by atoms with Crippen LogP contribution in [0.15, 0.2) is 24.3 Å². The summed E-state index contributed by atoms with van der Waals surface area (Å²) in [6.45, 7) is 7.55. The number of hydrogen-bond donors (Lipinski definition) is 2. The van der Waals surface area contributed by atoms with Gasteiger partial charge in [-0.15, -0.1) is 0 Å². The number of benzene rings is 1. The average Bonchev–Trinajstić information content (AvgIpc) is 2.47. The Hall–Kier alpha value is -1.55.